The molecule has 0 bridgehead atoms. The second-order valence-corrected chi connectivity index (χ2v) is 5.48. The summed E-state index contributed by atoms with van der Waals surface area (Å²) in [5.41, 5.74) is -0.228. The van der Waals surface area contributed by atoms with E-state index in [0.717, 1.165) is 25.9 Å². The molecule has 3 nitrogen and oxygen atoms in total. The Morgan fingerprint density at radius 1 is 1.19 bits per heavy atom. The van der Waals surface area contributed by atoms with Crippen molar-refractivity contribution in [2.24, 2.45) is 0 Å². The van der Waals surface area contributed by atoms with Crippen LogP contribution in [0.5, 0.6) is 0 Å². The quantitative estimate of drug-likeness (QED) is 0.774. The van der Waals surface area contributed by atoms with Crippen LogP contribution >= 0.6 is 0 Å². The Hall–Kier alpha value is -0.590. The van der Waals surface area contributed by atoms with Gasteiger partial charge in [-0.2, -0.15) is 5.26 Å². The summed E-state index contributed by atoms with van der Waals surface area (Å²) in [5.74, 6) is 0. The minimum atomic E-state index is -0.228. The van der Waals surface area contributed by atoms with Crippen LogP contribution in [-0.4, -0.2) is 36.6 Å². The molecule has 90 valence electrons. The Bertz CT molecular complexity index is 255. The lowest BCUT2D eigenvalue weighted by molar-refractivity contribution is 0.173. The van der Waals surface area contributed by atoms with Gasteiger partial charge in [-0.15, -0.1) is 0 Å². The van der Waals surface area contributed by atoms with Crippen LogP contribution in [-0.2, 0) is 0 Å². The summed E-state index contributed by atoms with van der Waals surface area (Å²) in [6.45, 7) is 2.10. The van der Waals surface area contributed by atoms with E-state index in [2.05, 4.69) is 23.3 Å². The minimum absolute atomic E-state index is 0.228. The van der Waals surface area contributed by atoms with E-state index in [1.807, 2.05) is 0 Å². The molecule has 0 unspecified atom stereocenters. The third-order valence-corrected chi connectivity index (χ3v) is 4.14. The van der Waals surface area contributed by atoms with Crippen LogP contribution in [0.25, 0.3) is 0 Å². The second kappa shape index (κ2) is 5.16. The Morgan fingerprint density at radius 2 is 1.81 bits per heavy atom. The zero-order valence-electron chi connectivity index (χ0n) is 10.3. The molecule has 2 rings (SSSR count). The van der Waals surface area contributed by atoms with Crippen LogP contribution in [0.1, 0.15) is 44.9 Å². The van der Waals surface area contributed by atoms with E-state index in [0.29, 0.717) is 6.04 Å². The molecule has 0 spiro atoms. The summed E-state index contributed by atoms with van der Waals surface area (Å²) in [6.07, 6.45) is 8.53. The van der Waals surface area contributed by atoms with E-state index in [9.17, 15) is 5.26 Å². The van der Waals surface area contributed by atoms with Gasteiger partial charge in [-0.25, -0.2) is 0 Å². The SMILES string of the molecule is CN1CCC(C#N)(NC2CCCCC2)CC1. The van der Waals surface area contributed by atoms with Crippen molar-refractivity contribution in [2.75, 3.05) is 20.1 Å². The van der Waals surface area contributed by atoms with Crippen molar-refractivity contribution >= 4 is 0 Å². The summed E-state index contributed by atoms with van der Waals surface area (Å²) in [4.78, 5) is 2.32. The van der Waals surface area contributed by atoms with Crippen molar-refractivity contribution in [3.8, 4) is 6.07 Å². The molecule has 0 radical (unpaired) electrons. The highest BCUT2D eigenvalue weighted by molar-refractivity contribution is 5.10. The van der Waals surface area contributed by atoms with Gasteiger partial charge in [0.15, 0.2) is 0 Å². The van der Waals surface area contributed by atoms with Crippen LogP contribution in [0.15, 0.2) is 0 Å². The first-order chi connectivity index (χ1) is 7.74. The van der Waals surface area contributed by atoms with Gasteiger partial charge in [0.1, 0.15) is 5.54 Å². The molecule has 2 fully saturated rings. The van der Waals surface area contributed by atoms with Gasteiger partial charge in [-0.1, -0.05) is 19.3 Å². The first-order valence-corrected chi connectivity index (χ1v) is 6.62. The van der Waals surface area contributed by atoms with E-state index in [4.69, 9.17) is 0 Å². The molecule has 1 aliphatic carbocycles. The Labute approximate surface area is 98.8 Å². The van der Waals surface area contributed by atoms with Crippen LogP contribution in [0.2, 0.25) is 0 Å². The summed E-state index contributed by atoms with van der Waals surface area (Å²) < 4.78 is 0. The standard InChI is InChI=1S/C13H23N3/c1-16-9-7-13(11-14,8-10-16)15-12-5-3-2-4-6-12/h12,15H,2-10H2,1H3. The lowest BCUT2D eigenvalue weighted by Crippen LogP contribution is -2.55. The minimum Gasteiger partial charge on any atom is -0.306 e. The number of piperidine rings is 1. The van der Waals surface area contributed by atoms with E-state index in [1.54, 1.807) is 0 Å². The zero-order valence-corrected chi connectivity index (χ0v) is 10.3. The number of nitrogens with zero attached hydrogens (tertiary/aromatic N) is 2. The van der Waals surface area contributed by atoms with Crippen molar-refractivity contribution in [1.82, 2.24) is 10.2 Å². The summed E-state index contributed by atoms with van der Waals surface area (Å²) >= 11 is 0. The van der Waals surface area contributed by atoms with Gasteiger partial charge < -0.3 is 4.90 Å². The Morgan fingerprint density at radius 3 is 2.38 bits per heavy atom. The molecular formula is C13H23N3. The average Bonchev–Trinajstić information content (AvgIpc) is 2.34. The van der Waals surface area contributed by atoms with Gasteiger partial charge in [-0.3, -0.25) is 5.32 Å². The number of nitriles is 1. The molecule has 1 saturated carbocycles. The molecular weight excluding hydrogens is 198 g/mol. The Balaban J connectivity index is 1.91. The van der Waals surface area contributed by atoms with Crippen molar-refractivity contribution in [2.45, 2.75) is 56.5 Å². The normalized spacial score (nSPS) is 27.5. The van der Waals surface area contributed by atoms with Crippen molar-refractivity contribution in [1.29, 1.82) is 5.26 Å². The predicted octanol–water partition coefficient (Wildman–Crippen LogP) is 1.90. The lowest BCUT2D eigenvalue weighted by atomic mass is 9.85. The van der Waals surface area contributed by atoms with E-state index in [-0.39, 0.29) is 5.54 Å². The third kappa shape index (κ3) is 2.75. The highest BCUT2D eigenvalue weighted by atomic mass is 15.1. The van der Waals surface area contributed by atoms with Crippen molar-refractivity contribution < 1.29 is 0 Å². The maximum atomic E-state index is 9.43. The van der Waals surface area contributed by atoms with Crippen LogP contribution in [0.3, 0.4) is 0 Å². The highest BCUT2D eigenvalue weighted by Crippen LogP contribution is 2.25. The monoisotopic (exact) mass is 221 g/mol. The number of likely N-dealkylation sites (tertiary alicyclic amines) is 1. The molecule has 1 saturated heterocycles. The van der Waals surface area contributed by atoms with Crippen molar-refractivity contribution in [3.63, 3.8) is 0 Å². The second-order valence-electron chi connectivity index (χ2n) is 5.48. The van der Waals surface area contributed by atoms with Crippen LogP contribution in [0.4, 0.5) is 0 Å². The fraction of sp³-hybridized carbons (Fsp3) is 0.923. The van der Waals surface area contributed by atoms with Gasteiger partial charge in [-0.05, 0) is 32.7 Å². The maximum Gasteiger partial charge on any atom is 0.109 e. The summed E-state index contributed by atoms with van der Waals surface area (Å²) in [6, 6.07) is 3.14. The maximum absolute atomic E-state index is 9.43. The first-order valence-electron chi connectivity index (χ1n) is 6.62. The van der Waals surface area contributed by atoms with Gasteiger partial charge in [0.2, 0.25) is 0 Å². The number of nitrogens with one attached hydrogen (secondary N) is 1. The largest absolute Gasteiger partial charge is 0.306 e. The number of hydrogen-bond donors (Lipinski definition) is 1. The first kappa shape index (κ1) is 11.9. The Kier molecular flexibility index (Phi) is 3.83. The molecule has 3 heteroatoms. The van der Waals surface area contributed by atoms with Gasteiger partial charge >= 0.3 is 0 Å². The molecule has 0 atom stereocenters. The molecule has 16 heavy (non-hydrogen) atoms. The fourth-order valence-corrected chi connectivity index (χ4v) is 2.93. The molecule has 1 aliphatic heterocycles. The third-order valence-electron chi connectivity index (χ3n) is 4.14. The molecule has 0 aromatic rings. The summed E-state index contributed by atoms with van der Waals surface area (Å²) in [7, 11) is 2.14. The molecule has 0 aromatic carbocycles. The van der Waals surface area contributed by atoms with Crippen LogP contribution in [0, 0.1) is 11.3 Å². The molecule has 2 aliphatic rings. The van der Waals surface area contributed by atoms with Crippen molar-refractivity contribution in [3.05, 3.63) is 0 Å². The molecule has 0 amide bonds. The predicted molar refractivity (Wildman–Crippen MR) is 65.1 cm³/mol. The highest BCUT2D eigenvalue weighted by Gasteiger charge is 2.35. The smallest absolute Gasteiger partial charge is 0.109 e. The summed E-state index contributed by atoms with van der Waals surface area (Å²) in [5, 5.41) is 13.1. The molecule has 1 N–H and O–H groups in total. The van der Waals surface area contributed by atoms with E-state index in [1.165, 1.54) is 32.1 Å². The van der Waals surface area contributed by atoms with E-state index >= 15 is 0 Å². The molecule has 1 heterocycles. The van der Waals surface area contributed by atoms with Gasteiger partial charge in [0.05, 0.1) is 6.07 Å². The topological polar surface area (TPSA) is 39.1 Å². The number of hydrogen-bond acceptors (Lipinski definition) is 3. The van der Waals surface area contributed by atoms with Gasteiger partial charge in [0.25, 0.3) is 0 Å². The lowest BCUT2D eigenvalue weighted by Gasteiger charge is -2.39. The van der Waals surface area contributed by atoms with E-state index < -0.39 is 0 Å². The average molecular weight is 221 g/mol. The molecule has 0 aromatic heterocycles. The van der Waals surface area contributed by atoms with Crippen LogP contribution < -0.4 is 5.32 Å². The van der Waals surface area contributed by atoms with Gasteiger partial charge in [0, 0.05) is 19.1 Å². The zero-order chi connectivity index (χ0) is 11.4. The number of rotatable bonds is 2. The fourth-order valence-electron chi connectivity index (χ4n) is 2.93.